The van der Waals surface area contributed by atoms with Crippen LogP contribution in [-0.2, 0) is 16.1 Å². The zero-order chi connectivity index (χ0) is 14.8. The minimum Gasteiger partial charge on any atom is -0.398 e. The zero-order valence-electron chi connectivity index (χ0n) is 11.8. The van der Waals surface area contributed by atoms with Crippen molar-refractivity contribution >= 4 is 23.2 Å². The lowest BCUT2D eigenvalue weighted by Gasteiger charge is -2.35. The summed E-state index contributed by atoms with van der Waals surface area (Å²) in [4.78, 5) is 14.4. The molecule has 0 spiro atoms. The third-order valence-electron chi connectivity index (χ3n) is 3.98. The number of ether oxygens (including phenoxy) is 1. The van der Waals surface area contributed by atoms with Crippen LogP contribution >= 0.6 is 11.6 Å². The molecule has 1 heterocycles. The number of amides is 1. The van der Waals surface area contributed by atoms with Crippen molar-refractivity contribution in [2.45, 2.75) is 31.5 Å². The SMILES string of the molecule is Nc1cccc(Cl)c1CN1CCOCC1C(=O)NC1CC1. The van der Waals surface area contributed by atoms with Crippen LogP contribution in [0.5, 0.6) is 0 Å². The Morgan fingerprint density at radius 2 is 2.29 bits per heavy atom. The number of rotatable bonds is 4. The van der Waals surface area contributed by atoms with Gasteiger partial charge in [-0.25, -0.2) is 0 Å². The second-order valence-corrected chi connectivity index (χ2v) is 6.06. The predicted molar refractivity (Wildman–Crippen MR) is 82.0 cm³/mol. The maximum atomic E-state index is 12.3. The first kappa shape index (κ1) is 14.6. The van der Waals surface area contributed by atoms with Crippen molar-refractivity contribution in [3.8, 4) is 0 Å². The summed E-state index contributed by atoms with van der Waals surface area (Å²) >= 11 is 6.23. The largest absolute Gasteiger partial charge is 0.398 e. The molecule has 0 bridgehead atoms. The quantitative estimate of drug-likeness (QED) is 0.825. The molecule has 1 saturated heterocycles. The van der Waals surface area contributed by atoms with E-state index in [9.17, 15) is 4.79 Å². The van der Waals surface area contributed by atoms with Gasteiger partial charge in [-0.3, -0.25) is 9.69 Å². The monoisotopic (exact) mass is 309 g/mol. The van der Waals surface area contributed by atoms with Crippen LogP contribution in [0, 0.1) is 0 Å². The van der Waals surface area contributed by atoms with Crippen molar-refractivity contribution in [1.29, 1.82) is 0 Å². The molecule has 3 rings (SSSR count). The minimum absolute atomic E-state index is 0.0443. The van der Waals surface area contributed by atoms with Crippen molar-refractivity contribution in [2.75, 3.05) is 25.5 Å². The minimum atomic E-state index is -0.268. The van der Waals surface area contributed by atoms with E-state index in [0.717, 1.165) is 18.4 Å². The number of hydrogen-bond acceptors (Lipinski definition) is 4. The van der Waals surface area contributed by atoms with Gasteiger partial charge in [0.05, 0.1) is 13.2 Å². The summed E-state index contributed by atoms with van der Waals surface area (Å²) in [5.41, 5.74) is 7.55. The molecule has 0 aromatic heterocycles. The third kappa shape index (κ3) is 3.48. The molecule has 114 valence electrons. The van der Waals surface area contributed by atoms with Gasteiger partial charge in [-0.15, -0.1) is 0 Å². The van der Waals surface area contributed by atoms with Gasteiger partial charge in [0.25, 0.3) is 0 Å². The second kappa shape index (κ2) is 6.22. The van der Waals surface area contributed by atoms with Gasteiger partial charge < -0.3 is 15.8 Å². The lowest BCUT2D eigenvalue weighted by Crippen LogP contribution is -2.53. The number of nitrogens with two attached hydrogens (primary N) is 1. The number of nitrogens with one attached hydrogen (secondary N) is 1. The number of benzene rings is 1. The van der Waals surface area contributed by atoms with Crippen LogP contribution in [0.2, 0.25) is 5.02 Å². The topological polar surface area (TPSA) is 67.6 Å². The molecule has 21 heavy (non-hydrogen) atoms. The van der Waals surface area contributed by atoms with E-state index in [2.05, 4.69) is 10.2 Å². The number of halogens is 1. The summed E-state index contributed by atoms with van der Waals surface area (Å²) in [7, 11) is 0. The summed E-state index contributed by atoms with van der Waals surface area (Å²) in [6, 6.07) is 5.58. The van der Waals surface area contributed by atoms with E-state index in [1.807, 2.05) is 18.2 Å². The fourth-order valence-electron chi connectivity index (χ4n) is 2.54. The first-order valence-electron chi connectivity index (χ1n) is 7.30. The van der Waals surface area contributed by atoms with Crippen LogP contribution in [0.25, 0.3) is 0 Å². The maximum absolute atomic E-state index is 12.3. The van der Waals surface area contributed by atoms with E-state index in [1.54, 1.807) is 0 Å². The summed E-state index contributed by atoms with van der Waals surface area (Å²) in [6.45, 7) is 2.31. The smallest absolute Gasteiger partial charge is 0.239 e. The van der Waals surface area contributed by atoms with Crippen LogP contribution in [0.1, 0.15) is 18.4 Å². The molecule has 1 aromatic rings. The standard InChI is InChI=1S/C15H20ClN3O2/c16-12-2-1-3-13(17)11(12)8-19-6-7-21-9-14(19)15(20)18-10-4-5-10/h1-3,10,14H,4-9,17H2,(H,18,20). The van der Waals surface area contributed by atoms with E-state index >= 15 is 0 Å². The molecule has 1 unspecified atom stereocenters. The van der Waals surface area contributed by atoms with Crippen LogP contribution < -0.4 is 11.1 Å². The number of nitrogens with zero attached hydrogens (tertiary/aromatic N) is 1. The van der Waals surface area contributed by atoms with Crippen molar-refractivity contribution in [3.05, 3.63) is 28.8 Å². The highest BCUT2D eigenvalue weighted by atomic mass is 35.5. The Labute approximate surface area is 129 Å². The second-order valence-electron chi connectivity index (χ2n) is 5.65. The maximum Gasteiger partial charge on any atom is 0.239 e. The third-order valence-corrected chi connectivity index (χ3v) is 4.34. The van der Waals surface area contributed by atoms with Crippen molar-refractivity contribution < 1.29 is 9.53 Å². The Hall–Kier alpha value is -1.30. The Balaban J connectivity index is 1.73. The van der Waals surface area contributed by atoms with Gasteiger partial charge in [0, 0.05) is 35.4 Å². The van der Waals surface area contributed by atoms with Crippen molar-refractivity contribution in [1.82, 2.24) is 10.2 Å². The first-order chi connectivity index (χ1) is 10.1. The molecule has 5 nitrogen and oxygen atoms in total. The summed E-state index contributed by atoms with van der Waals surface area (Å²) in [5, 5.41) is 3.69. The van der Waals surface area contributed by atoms with Crippen molar-refractivity contribution in [3.63, 3.8) is 0 Å². The summed E-state index contributed by atoms with van der Waals surface area (Å²) in [6.07, 6.45) is 2.16. The van der Waals surface area contributed by atoms with Gasteiger partial charge in [-0.1, -0.05) is 17.7 Å². The number of carbonyl (C=O) groups is 1. The number of carbonyl (C=O) groups excluding carboxylic acids is 1. The van der Waals surface area contributed by atoms with Crippen LogP contribution in [0.15, 0.2) is 18.2 Å². The predicted octanol–water partition coefficient (Wildman–Crippen LogP) is 1.40. The van der Waals surface area contributed by atoms with Gasteiger partial charge in [0.15, 0.2) is 0 Å². The summed E-state index contributed by atoms with van der Waals surface area (Å²) in [5.74, 6) is 0.0443. The lowest BCUT2D eigenvalue weighted by molar-refractivity contribution is -0.133. The van der Waals surface area contributed by atoms with Crippen LogP contribution in [0.4, 0.5) is 5.69 Å². The molecule has 1 atom stereocenters. The zero-order valence-corrected chi connectivity index (χ0v) is 12.6. The lowest BCUT2D eigenvalue weighted by atomic mass is 10.1. The molecule has 1 aliphatic heterocycles. The van der Waals surface area contributed by atoms with Gasteiger partial charge in [-0.2, -0.15) is 0 Å². The Kier molecular flexibility index (Phi) is 4.33. The first-order valence-corrected chi connectivity index (χ1v) is 7.68. The highest BCUT2D eigenvalue weighted by Crippen LogP contribution is 2.25. The molecule has 0 radical (unpaired) electrons. The molecular weight excluding hydrogens is 290 g/mol. The number of hydrogen-bond donors (Lipinski definition) is 2. The Bertz CT molecular complexity index is 513. The molecular formula is C15H20ClN3O2. The van der Waals surface area contributed by atoms with E-state index < -0.39 is 0 Å². The van der Waals surface area contributed by atoms with Crippen LogP contribution in [-0.4, -0.2) is 42.6 Å². The van der Waals surface area contributed by atoms with Gasteiger partial charge in [0.1, 0.15) is 6.04 Å². The van der Waals surface area contributed by atoms with E-state index in [1.165, 1.54) is 0 Å². The van der Waals surface area contributed by atoms with Gasteiger partial charge in [0.2, 0.25) is 5.91 Å². The molecule has 1 amide bonds. The molecule has 2 aliphatic rings. The molecule has 3 N–H and O–H groups in total. The number of morpholine rings is 1. The average Bonchev–Trinajstić information content (AvgIpc) is 3.27. The highest BCUT2D eigenvalue weighted by molar-refractivity contribution is 6.31. The Morgan fingerprint density at radius 3 is 3.00 bits per heavy atom. The molecule has 1 aliphatic carbocycles. The number of anilines is 1. The molecule has 6 heteroatoms. The van der Waals surface area contributed by atoms with E-state index in [0.29, 0.717) is 43.1 Å². The molecule has 1 saturated carbocycles. The normalized spacial score (nSPS) is 23.0. The molecule has 2 fully saturated rings. The van der Waals surface area contributed by atoms with Gasteiger partial charge in [-0.05, 0) is 25.0 Å². The highest BCUT2D eigenvalue weighted by Gasteiger charge is 2.33. The fraction of sp³-hybridized carbons (Fsp3) is 0.533. The fourth-order valence-corrected chi connectivity index (χ4v) is 2.78. The Morgan fingerprint density at radius 1 is 1.48 bits per heavy atom. The summed E-state index contributed by atoms with van der Waals surface area (Å²) < 4.78 is 5.47. The molecule has 1 aromatic carbocycles. The van der Waals surface area contributed by atoms with Crippen LogP contribution in [0.3, 0.4) is 0 Å². The van der Waals surface area contributed by atoms with Gasteiger partial charge >= 0.3 is 0 Å². The number of nitrogen functional groups attached to an aromatic ring is 1. The van der Waals surface area contributed by atoms with Crippen molar-refractivity contribution in [2.24, 2.45) is 0 Å². The average molecular weight is 310 g/mol. The van der Waals surface area contributed by atoms with E-state index in [-0.39, 0.29) is 11.9 Å². The van der Waals surface area contributed by atoms with E-state index in [4.69, 9.17) is 22.1 Å².